The van der Waals surface area contributed by atoms with Crippen molar-refractivity contribution >= 4 is 66.0 Å². The van der Waals surface area contributed by atoms with Crippen LogP contribution in [0.5, 0.6) is 0 Å². The molecule has 2 saturated heterocycles. The van der Waals surface area contributed by atoms with Gasteiger partial charge in [0.05, 0.1) is 37.5 Å². The third-order valence-electron chi connectivity index (χ3n) is 7.86. The lowest BCUT2D eigenvalue weighted by Gasteiger charge is -2.28. The fourth-order valence-corrected chi connectivity index (χ4v) is 10.5. The highest BCUT2D eigenvalue weighted by Crippen LogP contribution is 2.67. The van der Waals surface area contributed by atoms with Gasteiger partial charge in [0, 0.05) is 13.5 Å². The maximum absolute atomic E-state index is 16.3. The van der Waals surface area contributed by atoms with E-state index >= 15 is 4.39 Å². The summed E-state index contributed by atoms with van der Waals surface area (Å²) in [5.41, 5.74) is 4.48. The number of anilines is 1. The Hall–Kier alpha value is -2.41. The SMILES string of the molecule is Cn1cnc(=O)c2ncn([C@@H]3C[C@@H]4OP(=O)(S)[C@H]5[C@@H](F)[C@H](n6cnc7c(N)ncnc76)O[C@@H]5COP(=O)(S)O[C@@H]3[C@@H]4O)c21. The van der Waals surface area contributed by atoms with E-state index < -0.39 is 74.1 Å². The number of aliphatic hydroxyl groups excluding tert-OH is 1. The van der Waals surface area contributed by atoms with Gasteiger partial charge in [0.1, 0.15) is 41.7 Å². The van der Waals surface area contributed by atoms with Crippen molar-refractivity contribution in [2.75, 3.05) is 12.3 Å². The lowest BCUT2D eigenvalue weighted by atomic mass is 10.2. The fraction of sp³-hybridized carbons (Fsp3) is 0.524. The first-order chi connectivity index (χ1) is 20.4. The molecular weight excluding hydrogens is 651 g/mol. The Morgan fingerprint density at radius 3 is 2.58 bits per heavy atom. The summed E-state index contributed by atoms with van der Waals surface area (Å²) in [5.74, 6) is 0.0634. The lowest BCUT2D eigenvalue weighted by Crippen LogP contribution is -2.35. The molecule has 43 heavy (non-hydrogen) atoms. The number of thiol groups is 2. The van der Waals surface area contributed by atoms with Crippen LogP contribution in [0.25, 0.3) is 22.3 Å². The molecule has 3 aliphatic rings. The second kappa shape index (κ2) is 10.3. The number of nitrogen functional groups attached to an aromatic ring is 1. The number of alkyl halides is 1. The van der Waals surface area contributed by atoms with Crippen molar-refractivity contribution in [3.63, 3.8) is 0 Å². The topological polar surface area (TPSA) is 214 Å². The van der Waals surface area contributed by atoms with Crippen molar-refractivity contribution in [3.8, 4) is 0 Å². The number of ether oxygens (including phenoxy) is 1. The molecule has 4 aromatic heterocycles. The Balaban J connectivity index is 1.27. The first kappa shape index (κ1) is 29.3. The fourth-order valence-electron chi connectivity index (χ4n) is 5.94. The number of hydrogen-bond acceptors (Lipinski definition) is 14. The summed E-state index contributed by atoms with van der Waals surface area (Å²) in [6.07, 6.45) is -3.83. The summed E-state index contributed by atoms with van der Waals surface area (Å²) >= 11 is 8.39. The zero-order chi connectivity index (χ0) is 30.4. The normalized spacial score (nSPS) is 38.3. The molecular formula is C21H24FN9O8P2S2. The Morgan fingerprint density at radius 1 is 1.05 bits per heavy atom. The van der Waals surface area contributed by atoms with E-state index in [9.17, 15) is 19.0 Å². The van der Waals surface area contributed by atoms with Crippen LogP contribution in [0.3, 0.4) is 0 Å². The van der Waals surface area contributed by atoms with E-state index in [1.165, 1.54) is 39.0 Å². The number of fused-ring (bicyclic) bond motifs is 5. The lowest BCUT2D eigenvalue weighted by molar-refractivity contribution is -0.0358. The number of hydrogen-bond donors (Lipinski definition) is 4. The van der Waals surface area contributed by atoms with Gasteiger partial charge in [-0.3, -0.25) is 23.0 Å². The van der Waals surface area contributed by atoms with E-state index in [1.54, 1.807) is 7.05 Å². The van der Waals surface area contributed by atoms with Crippen LogP contribution in [-0.4, -0.2) is 86.6 Å². The Labute approximate surface area is 251 Å². The van der Waals surface area contributed by atoms with E-state index in [0.717, 1.165) is 0 Å². The molecule has 10 atom stereocenters. The van der Waals surface area contributed by atoms with Crippen molar-refractivity contribution in [2.45, 2.75) is 54.9 Å². The van der Waals surface area contributed by atoms with Crippen LogP contribution in [0.4, 0.5) is 10.2 Å². The highest BCUT2D eigenvalue weighted by atomic mass is 32.7. The quantitative estimate of drug-likeness (QED) is 0.175. The van der Waals surface area contributed by atoms with Gasteiger partial charge in [-0.05, 0) is 0 Å². The van der Waals surface area contributed by atoms with Gasteiger partial charge in [-0.2, -0.15) is 4.98 Å². The third kappa shape index (κ3) is 4.74. The summed E-state index contributed by atoms with van der Waals surface area (Å²) < 4.78 is 71.3. The number of aryl methyl sites for hydroxylation is 1. The van der Waals surface area contributed by atoms with Crippen LogP contribution < -0.4 is 11.3 Å². The van der Waals surface area contributed by atoms with Crippen LogP contribution in [0.1, 0.15) is 18.7 Å². The first-order valence-electron chi connectivity index (χ1n) is 12.8. The number of rotatable bonds is 2. The van der Waals surface area contributed by atoms with Crippen molar-refractivity contribution in [1.29, 1.82) is 0 Å². The molecule has 2 unspecified atom stereocenters. The molecule has 1 saturated carbocycles. The molecule has 0 radical (unpaired) electrons. The highest BCUT2D eigenvalue weighted by Gasteiger charge is 2.59. The molecule has 3 fully saturated rings. The van der Waals surface area contributed by atoms with Gasteiger partial charge < -0.3 is 29.2 Å². The monoisotopic (exact) mass is 675 g/mol. The third-order valence-corrected chi connectivity index (χ3v) is 12.5. The van der Waals surface area contributed by atoms with Gasteiger partial charge in [0.25, 0.3) is 6.57 Å². The molecule has 17 nitrogen and oxygen atoms in total. The molecule has 1 aliphatic carbocycles. The molecule has 0 spiro atoms. The maximum Gasteiger partial charge on any atom is 0.386 e. The zero-order valence-corrected chi connectivity index (χ0v) is 25.5. The highest BCUT2D eigenvalue weighted by molar-refractivity contribution is 8.46. The summed E-state index contributed by atoms with van der Waals surface area (Å²) in [5, 5.41) is 11.3. The number of imidazole rings is 2. The number of aromatic nitrogens is 8. The minimum Gasteiger partial charge on any atom is -0.388 e. The predicted octanol–water partition coefficient (Wildman–Crippen LogP) is 1.42. The Kier molecular flexibility index (Phi) is 7.03. The van der Waals surface area contributed by atoms with Crippen molar-refractivity contribution < 1.29 is 36.9 Å². The maximum atomic E-state index is 16.3. The van der Waals surface area contributed by atoms with Gasteiger partial charge in [-0.1, -0.05) is 24.5 Å². The van der Waals surface area contributed by atoms with E-state index in [1.807, 2.05) is 0 Å². The van der Waals surface area contributed by atoms with E-state index in [2.05, 4.69) is 49.4 Å². The van der Waals surface area contributed by atoms with Crippen LogP contribution in [-0.2, 0) is 34.5 Å². The van der Waals surface area contributed by atoms with E-state index in [0.29, 0.717) is 5.65 Å². The van der Waals surface area contributed by atoms with Crippen LogP contribution in [0, 0.1) is 0 Å². The molecule has 230 valence electrons. The molecule has 3 N–H and O–H groups in total. The zero-order valence-electron chi connectivity index (χ0n) is 22.0. The second-order valence-electron chi connectivity index (χ2n) is 10.4. The Morgan fingerprint density at radius 2 is 1.79 bits per heavy atom. The van der Waals surface area contributed by atoms with Crippen LogP contribution >= 0.6 is 37.9 Å². The average Bonchev–Trinajstić information content (AvgIpc) is 3.70. The van der Waals surface area contributed by atoms with Gasteiger partial charge in [-0.25, -0.2) is 28.9 Å². The first-order valence-corrected chi connectivity index (χ1v) is 18.4. The number of aliphatic hydroxyl groups is 1. The Bertz CT molecular complexity index is 1910. The number of nitrogens with zero attached hydrogens (tertiary/aromatic N) is 8. The summed E-state index contributed by atoms with van der Waals surface area (Å²) in [4.78, 5) is 32.3. The van der Waals surface area contributed by atoms with E-state index in [-0.39, 0.29) is 28.9 Å². The molecule has 2 aliphatic heterocycles. The van der Waals surface area contributed by atoms with Gasteiger partial charge in [0.2, 0.25) is 0 Å². The minimum atomic E-state index is -4.28. The average molecular weight is 676 g/mol. The molecule has 0 aromatic carbocycles. The second-order valence-corrected chi connectivity index (χ2v) is 16.9. The van der Waals surface area contributed by atoms with Crippen LogP contribution in [0.15, 0.2) is 30.1 Å². The molecule has 2 bridgehead atoms. The number of halogens is 1. The van der Waals surface area contributed by atoms with Crippen molar-refractivity contribution in [2.24, 2.45) is 7.05 Å². The summed E-state index contributed by atoms with van der Waals surface area (Å²) in [6, 6.07) is -0.859. The van der Waals surface area contributed by atoms with E-state index in [4.69, 9.17) is 24.0 Å². The smallest absolute Gasteiger partial charge is 0.386 e. The minimum absolute atomic E-state index is 0.0465. The summed E-state index contributed by atoms with van der Waals surface area (Å²) in [6.45, 7) is -9.13. The standard InChI is InChI=1S/C21H24FN9O8P2S2/c1-29-5-28-19(33)13-20(29)30(6-27-13)8-2-9-14(32)15(8)39-41(35,43)36-3-10-16(40(34,42)38-9)11(22)21(37-10)31-7-26-12-17(23)24-4-25-18(12)31/h4-11,14-16,21,32H,2-3H2,1H3,(H,34,42)(H,35,43)(H2,23,24,25)/t8-,9+,10-,11-,14-,15+,16-,21-,40?,41?/m1/s1. The van der Waals surface area contributed by atoms with Gasteiger partial charge in [-0.15, -0.1) is 0 Å². The number of nitrogens with two attached hydrogens (primary N) is 1. The van der Waals surface area contributed by atoms with Crippen molar-refractivity contribution in [1.82, 2.24) is 38.6 Å². The van der Waals surface area contributed by atoms with Crippen LogP contribution in [0.2, 0.25) is 0 Å². The molecule has 22 heteroatoms. The molecule has 4 aromatic rings. The molecule has 7 rings (SSSR count). The predicted molar refractivity (Wildman–Crippen MR) is 154 cm³/mol. The van der Waals surface area contributed by atoms with Gasteiger partial charge >= 0.3 is 12.4 Å². The van der Waals surface area contributed by atoms with Crippen molar-refractivity contribution in [3.05, 3.63) is 35.7 Å². The molecule has 6 heterocycles. The van der Waals surface area contributed by atoms with Gasteiger partial charge in [0.15, 0.2) is 29.4 Å². The largest absolute Gasteiger partial charge is 0.388 e. The molecule has 0 amide bonds. The summed E-state index contributed by atoms with van der Waals surface area (Å²) in [7, 11) is 1.64.